The fourth-order valence-corrected chi connectivity index (χ4v) is 1.52. The van der Waals surface area contributed by atoms with Gasteiger partial charge in [-0.3, -0.25) is 0 Å². The molecule has 0 fully saturated rings. The van der Waals surface area contributed by atoms with E-state index < -0.39 is 0 Å². The molecule has 76 valence electrons. The number of nitrogens with zero attached hydrogens (tertiary/aromatic N) is 1. The Balaban J connectivity index is 2.49. The topological polar surface area (TPSA) is 38.9 Å². The molecule has 0 aliphatic heterocycles. The van der Waals surface area contributed by atoms with Crippen LogP contribution in [0.2, 0.25) is 0 Å². The summed E-state index contributed by atoms with van der Waals surface area (Å²) in [5, 5.41) is 0. The Kier molecular flexibility index (Phi) is 2.37. The number of aromatic nitrogens is 1. The van der Waals surface area contributed by atoms with Gasteiger partial charge in [-0.25, -0.2) is 9.37 Å². The van der Waals surface area contributed by atoms with Gasteiger partial charge in [0.2, 0.25) is 0 Å². The number of halogens is 1. The normalized spacial score (nSPS) is 10.3. The summed E-state index contributed by atoms with van der Waals surface area (Å²) in [5.74, 6) is 0.262. The number of anilines is 1. The minimum Gasteiger partial charge on any atom is -0.384 e. The number of benzene rings is 1. The molecule has 0 saturated heterocycles. The number of hydrogen-bond acceptors (Lipinski definition) is 2. The first kappa shape index (κ1) is 9.65. The third-order valence-corrected chi connectivity index (χ3v) is 2.29. The van der Waals surface area contributed by atoms with E-state index in [0.29, 0.717) is 5.82 Å². The van der Waals surface area contributed by atoms with Gasteiger partial charge in [-0.1, -0.05) is 6.07 Å². The lowest BCUT2D eigenvalue weighted by Crippen LogP contribution is -1.90. The van der Waals surface area contributed by atoms with Crippen LogP contribution in [0.4, 0.5) is 10.2 Å². The van der Waals surface area contributed by atoms with Crippen LogP contribution in [0.3, 0.4) is 0 Å². The fraction of sp³-hybridized carbons (Fsp3) is 0.0833. The lowest BCUT2D eigenvalue weighted by Gasteiger charge is -2.05. The Bertz CT molecular complexity index is 477. The van der Waals surface area contributed by atoms with E-state index in [1.807, 2.05) is 13.0 Å². The molecule has 2 N–H and O–H groups in total. The summed E-state index contributed by atoms with van der Waals surface area (Å²) in [7, 11) is 0. The number of nitrogens with two attached hydrogens (primary N) is 1. The Morgan fingerprint density at radius 1 is 1.20 bits per heavy atom. The molecule has 15 heavy (non-hydrogen) atoms. The van der Waals surface area contributed by atoms with Crippen LogP contribution in [-0.2, 0) is 0 Å². The summed E-state index contributed by atoms with van der Waals surface area (Å²) in [6.07, 6.45) is 1.69. The van der Waals surface area contributed by atoms with Crippen molar-refractivity contribution < 1.29 is 4.39 Å². The van der Waals surface area contributed by atoms with Gasteiger partial charge < -0.3 is 5.73 Å². The largest absolute Gasteiger partial charge is 0.384 e. The quantitative estimate of drug-likeness (QED) is 0.772. The molecule has 0 saturated carbocycles. The Labute approximate surface area is 87.6 Å². The average molecular weight is 202 g/mol. The maximum absolute atomic E-state index is 12.9. The van der Waals surface area contributed by atoms with Gasteiger partial charge in [0.25, 0.3) is 0 Å². The second kappa shape index (κ2) is 3.69. The number of pyridine rings is 1. The van der Waals surface area contributed by atoms with Crippen molar-refractivity contribution in [2.45, 2.75) is 6.92 Å². The van der Waals surface area contributed by atoms with E-state index in [2.05, 4.69) is 4.98 Å². The van der Waals surface area contributed by atoms with Crippen LogP contribution in [0.5, 0.6) is 0 Å². The van der Waals surface area contributed by atoms with Gasteiger partial charge in [-0.05, 0) is 42.3 Å². The summed E-state index contributed by atoms with van der Waals surface area (Å²) in [4.78, 5) is 4.00. The molecule has 1 aromatic heterocycles. The Morgan fingerprint density at radius 3 is 2.60 bits per heavy atom. The zero-order valence-electron chi connectivity index (χ0n) is 8.37. The molecule has 1 aromatic carbocycles. The van der Waals surface area contributed by atoms with Crippen molar-refractivity contribution in [1.29, 1.82) is 0 Å². The lowest BCUT2D eigenvalue weighted by molar-refractivity contribution is 0.627. The highest BCUT2D eigenvalue weighted by atomic mass is 19.1. The molecule has 0 spiro atoms. The predicted molar refractivity (Wildman–Crippen MR) is 58.8 cm³/mol. The molecular weight excluding hydrogens is 191 g/mol. The molecule has 0 radical (unpaired) electrons. The molecule has 3 heteroatoms. The molecule has 0 bridgehead atoms. The van der Waals surface area contributed by atoms with Crippen molar-refractivity contribution in [3.63, 3.8) is 0 Å². The van der Waals surface area contributed by atoms with Gasteiger partial charge in [0.05, 0.1) is 0 Å². The van der Waals surface area contributed by atoms with Crippen LogP contribution in [-0.4, -0.2) is 4.98 Å². The highest BCUT2D eigenvalue weighted by Gasteiger charge is 2.02. The first-order chi connectivity index (χ1) is 7.16. The average Bonchev–Trinajstić information content (AvgIpc) is 2.20. The zero-order chi connectivity index (χ0) is 10.8. The van der Waals surface area contributed by atoms with Crippen LogP contribution in [0.25, 0.3) is 11.1 Å². The minimum atomic E-state index is -0.223. The van der Waals surface area contributed by atoms with Crippen molar-refractivity contribution in [1.82, 2.24) is 4.98 Å². The summed E-state index contributed by atoms with van der Waals surface area (Å²) < 4.78 is 12.9. The fourth-order valence-electron chi connectivity index (χ4n) is 1.52. The Hall–Kier alpha value is -1.90. The van der Waals surface area contributed by atoms with E-state index in [9.17, 15) is 4.39 Å². The number of aryl methyl sites for hydroxylation is 1. The molecule has 2 nitrogen and oxygen atoms in total. The van der Waals surface area contributed by atoms with Crippen molar-refractivity contribution in [3.05, 3.63) is 47.9 Å². The van der Waals surface area contributed by atoms with E-state index in [4.69, 9.17) is 5.73 Å². The molecule has 0 amide bonds. The summed E-state index contributed by atoms with van der Waals surface area (Å²) in [6.45, 7) is 1.87. The van der Waals surface area contributed by atoms with E-state index >= 15 is 0 Å². The van der Waals surface area contributed by atoms with E-state index in [1.165, 1.54) is 12.1 Å². The van der Waals surface area contributed by atoms with Gasteiger partial charge in [0.15, 0.2) is 0 Å². The van der Waals surface area contributed by atoms with Crippen molar-refractivity contribution in [2.24, 2.45) is 0 Å². The highest BCUT2D eigenvalue weighted by Crippen LogP contribution is 2.23. The maximum atomic E-state index is 12.9. The lowest BCUT2D eigenvalue weighted by atomic mass is 10.0. The minimum absolute atomic E-state index is 0.223. The second-order valence-electron chi connectivity index (χ2n) is 3.43. The molecular formula is C12H11FN2. The molecule has 0 unspecified atom stereocenters. The smallest absolute Gasteiger partial charge is 0.123 e. The van der Waals surface area contributed by atoms with Gasteiger partial charge >= 0.3 is 0 Å². The predicted octanol–water partition coefficient (Wildman–Crippen LogP) is 2.78. The van der Waals surface area contributed by atoms with E-state index in [-0.39, 0.29) is 5.82 Å². The number of nitrogen functional groups attached to an aromatic ring is 1. The molecule has 2 rings (SSSR count). The molecule has 1 heterocycles. The van der Waals surface area contributed by atoms with Crippen molar-refractivity contribution >= 4 is 5.82 Å². The summed E-state index contributed by atoms with van der Waals surface area (Å²) in [6, 6.07) is 8.31. The molecule has 0 aliphatic carbocycles. The molecule has 2 aromatic rings. The van der Waals surface area contributed by atoms with E-state index in [0.717, 1.165) is 16.7 Å². The van der Waals surface area contributed by atoms with Crippen LogP contribution in [0.1, 0.15) is 5.56 Å². The summed E-state index contributed by atoms with van der Waals surface area (Å²) in [5.41, 5.74) is 8.31. The standard InChI is InChI=1S/C12H11FN2/c1-8-6-10(13)3-4-11(8)9-2-5-12(14)15-7-9/h2-7H,1H3,(H2,14,15). The molecule has 0 atom stereocenters. The van der Waals surface area contributed by atoms with E-state index in [1.54, 1.807) is 18.3 Å². The number of hydrogen-bond donors (Lipinski definition) is 1. The van der Waals surface area contributed by atoms with Gasteiger partial charge in [-0.15, -0.1) is 0 Å². The van der Waals surface area contributed by atoms with Crippen molar-refractivity contribution in [3.8, 4) is 11.1 Å². The first-order valence-electron chi connectivity index (χ1n) is 4.65. The third kappa shape index (κ3) is 1.96. The summed E-state index contributed by atoms with van der Waals surface area (Å²) >= 11 is 0. The van der Waals surface area contributed by atoms with Gasteiger partial charge in [-0.2, -0.15) is 0 Å². The monoisotopic (exact) mass is 202 g/mol. The van der Waals surface area contributed by atoms with Gasteiger partial charge in [0.1, 0.15) is 11.6 Å². The van der Waals surface area contributed by atoms with Crippen LogP contribution in [0, 0.1) is 12.7 Å². The first-order valence-corrected chi connectivity index (χ1v) is 4.65. The van der Waals surface area contributed by atoms with Crippen molar-refractivity contribution in [2.75, 3.05) is 5.73 Å². The highest BCUT2D eigenvalue weighted by molar-refractivity contribution is 5.66. The second-order valence-corrected chi connectivity index (χ2v) is 3.43. The van der Waals surface area contributed by atoms with Crippen LogP contribution >= 0.6 is 0 Å². The van der Waals surface area contributed by atoms with Crippen LogP contribution < -0.4 is 5.73 Å². The molecule has 0 aliphatic rings. The zero-order valence-corrected chi connectivity index (χ0v) is 8.37. The number of rotatable bonds is 1. The Morgan fingerprint density at radius 2 is 2.00 bits per heavy atom. The van der Waals surface area contributed by atoms with Gasteiger partial charge in [0, 0.05) is 11.8 Å². The van der Waals surface area contributed by atoms with Crippen LogP contribution in [0.15, 0.2) is 36.5 Å². The third-order valence-electron chi connectivity index (χ3n) is 2.29. The maximum Gasteiger partial charge on any atom is 0.123 e. The SMILES string of the molecule is Cc1cc(F)ccc1-c1ccc(N)nc1.